The van der Waals surface area contributed by atoms with Crippen molar-refractivity contribution in [2.24, 2.45) is 5.41 Å². The van der Waals surface area contributed by atoms with E-state index in [1.54, 1.807) is 12.5 Å². The van der Waals surface area contributed by atoms with Gasteiger partial charge in [-0.2, -0.15) is 0 Å². The van der Waals surface area contributed by atoms with Crippen LogP contribution in [0.2, 0.25) is 0 Å². The molecule has 1 fully saturated rings. The van der Waals surface area contributed by atoms with Gasteiger partial charge < -0.3 is 9.73 Å². The lowest BCUT2D eigenvalue weighted by Gasteiger charge is -2.32. The molecule has 1 aromatic heterocycles. The van der Waals surface area contributed by atoms with Gasteiger partial charge in [0.15, 0.2) is 0 Å². The van der Waals surface area contributed by atoms with Crippen LogP contribution in [0.4, 0.5) is 0 Å². The molecule has 0 spiro atoms. The summed E-state index contributed by atoms with van der Waals surface area (Å²) in [5, 5.41) is 3.28. The minimum atomic E-state index is -0.136. The van der Waals surface area contributed by atoms with Crippen LogP contribution in [-0.4, -0.2) is 18.9 Å². The molecule has 1 saturated heterocycles. The lowest BCUT2D eigenvalue weighted by atomic mass is 9.75. The van der Waals surface area contributed by atoms with Gasteiger partial charge >= 0.3 is 0 Å². The smallest absolute Gasteiger partial charge is 0.143 e. The topological polar surface area (TPSA) is 42.2 Å². The second-order valence-electron chi connectivity index (χ2n) is 4.54. The minimum Gasteiger partial charge on any atom is -0.472 e. The Hall–Kier alpha value is -1.09. The maximum atomic E-state index is 12.1. The molecule has 82 valence electrons. The molecule has 0 aromatic carbocycles. The molecular weight excluding hydrogens is 190 g/mol. The standard InChI is InChI=1S/C12H17NO2/c1-12(3-5-13-6-4-12)11(14)8-10-2-7-15-9-10/h2,7,9,13H,3-6,8H2,1H3. The Morgan fingerprint density at radius 2 is 2.27 bits per heavy atom. The highest BCUT2D eigenvalue weighted by molar-refractivity contribution is 5.86. The lowest BCUT2D eigenvalue weighted by molar-refractivity contribution is -0.128. The Morgan fingerprint density at radius 3 is 2.87 bits per heavy atom. The molecule has 0 amide bonds. The second kappa shape index (κ2) is 4.19. The SMILES string of the molecule is CC1(C(=O)Cc2ccoc2)CCNCC1. The molecule has 3 heteroatoms. The predicted molar refractivity (Wildman–Crippen MR) is 57.6 cm³/mol. The van der Waals surface area contributed by atoms with Crippen molar-refractivity contribution in [1.29, 1.82) is 0 Å². The van der Waals surface area contributed by atoms with Crippen LogP contribution in [0.15, 0.2) is 23.0 Å². The third-order valence-corrected chi connectivity index (χ3v) is 3.33. The van der Waals surface area contributed by atoms with E-state index in [0.717, 1.165) is 31.5 Å². The van der Waals surface area contributed by atoms with Gasteiger partial charge in [0.25, 0.3) is 0 Å². The molecule has 1 aliphatic rings. The Morgan fingerprint density at radius 1 is 1.53 bits per heavy atom. The van der Waals surface area contributed by atoms with Crippen LogP contribution in [-0.2, 0) is 11.2 Å². The van der Waals surface area contributed by atoms with Gasteiger partial charge in [-0.15, -0.1) is 0 Å². The minimum absolute atomic E-state index is 0.136. The van der Waals surface area contributed by atoms with E-state index in [9.17, 15) is 4.79 Å². The third kappa shape index (κ3) is 2.29. The quantitative estimate of drug-likeness (QED) is 0.821. The highest BCUT2D eigenvalue weighted by Gasteiger charge is 2.33. The van der Waals surface area contributed by atoms with Crippen LogP contribution in [0.25, 0.3) is 0 Å². The van der Waals surface area contributed by atoms with E-state index in [4.69, 9.17) is 4.42 Å². The molecule has 2 rings (SSSR count). The number of piperidine rings is 1. The summed E-state index contributed by atoms with van der Waals surface area (Å²) in [6.07, 6.45) is 5.68. The number of ketones is 1. The van der Waals surface area contributed by atoms with Gasteiger partial charge in [0, 0.05) is 11.8 Å². The van der Waals surface area contributed by atoms with E-state index < -0.39 is 0 Å². The third-order valence-electron chi connectivity index (χ3n) is 3.33. The van der Waals surface area contributed by atoms with Gasteiger partial charge in [-0.3, -0.25) is 4.79 Å². The Labute approximate surface area is 89.9 Å². The summed E-state index contributed by atoms with van der Waals surface area (Å²) in [5.74, 6) is 0.338. The number of nitrogens with one attached hydrogen (secondary N) is 1. The largest absolute Gasteiger partial charge is 0.472 e. The van der Waals surface area contributed by atoms with Crippen molar-refractivity contribution in [2.45, 2.75) is 26.2 Å². The summed E-state index contributed by atoms with van der Waals surface area (Å²) in [6, 6.07) is 1.86. The van der Waals surface area contributed by atoms with Gasteiger partial charge in [-0.05, 0) is 37.6 Å². The van der Waals surface area contributed by atoms with Gasteiger partial charge in [0.1, 0.15) is 5.78 Å². The van der Waals surface area contributed by atoms with Crippen LogP contribution >= 0.6 is 0 Å². The van der Waals surface area contributed by atoms with Crippen molar-refractivity contribution < 1.29 is 9.21 Å². The zero-order valence-electron chi connectivity index (χ0n) is 9.08. The fourth-order valence-electron chi connectivity index (χ4n) is 2.05. The number of hydrogen-bond donors (Lipinski definition) is 1. The summed E-state index contributed by atoms with van der Waals surface area (Å²) in [6.45, 7) is 3.98. The van der Waals surface area contributed by atoms with Crippen molar-refractivity contribution in [3.63, 3.8) is 0 Å². The Kier molecular flexibility index (Phi) is 2.91. The van der Waals surface area contributed by atoms with E-state index in [-0.39, 0.29) is 5.41 Å². The number of carbonyl (C=O) groups is 1. The van der Waals surface area contributed by atoms with Crippen LogP contribution in [0.3, 0.4) is 0 Å². The summed E-state index contributed by atoms with van der Waals surface area (Å²) in [5.41, 5.74) is 0.849. The summed E-state index contributed by atoms with van der Waals surface area (Å²) in [4.78, 5) is 12.1. The number of rotatable bonds is 3. The van der Waals surface area contributed by atoms with Crippen LogP contribution in [0.5, 0.6) is 0 Å². The van der Waals surface area contributed by atoms with Gasteiger partial charge in [-0.1, -0.05) is 6.92 Å². The van der Waals surface area contributed by atoms with Crippen LogP contribution in [0.1, 0.15) is 25.3 Å². The number of furan rings is 1. The zero-order chi connectivity index (χ0) is 10.7. The molecule has 0 atom stereocenters. The number of hydrogen-bond acceptors (Lipinski definition) is 3. The molecule has 1 aromatic rings. The Balaban J connectivity index is 2.00. The molecule has 0 saturated carbocycles. The van der Waals surface area contributed by atoms with Crippen LogP contribution < -0.4 is 5.32 Å². The molecule has 1 N–H and O–H groups in total. The van der Waals surface area contributed by atoms with Crippen LogP contribution in [0, 0.1) is 5.41 Å². The maximum absolute atomic E-state index is 12.1. The van der Waals surface area contributed by atoms with E-state index in [1.807, 2.05) is 6.07 Å². The Bertz CT molecular complexity index is 323. The first-order chi connectivity index (χ1) is 7.21. The molecule has 2 heterocycles. The van der Waals surface area contributed by atoms with Crippen molar-refractivity contribution in [2.75, 3.05) is 13.1 Å². The van der Waals surface area contributed by atoms with Gasteiger partial charge in [0.2, 0.25) is 0 Å². The molecule has 3 nitrogen and oxygen atoms in total. The summed E-state index contributed by atoms with van der Waals surface area (Å²) in [7, 11) is 0. The molecule has 1 aliphatic heterocycles. The van der Waals surface area contributed by atoms with E-state index >= 15 is 0 Å². The summed E-state index contributed by atoms with van der Waals surface area (Å²) >= 11 is 0. The molecule has 0 radical (unpaired) electrons. The molecule has 15 heavy (non-hydrogen) atoms. The van der Waals surface area contributed by atoms with Crippen molar-refractivity contribution >= 4 is 5.78 Å². The van der Waals surface area contributed by atoms with Crippen molar-refractivity contribution in [3.8, 4) is 0 Å². The number of carbonyl (C=O) groups excluding carboxylic acids is 1. The fourth-order valence-corrected chi connectivity index (χ4v) is 2.05. The van der Waals surface area contributed by atoms with E-state index in [0.29, 0.717) is 12.2 Å². The van der Waals surface area contributed by atoms with Crippen molar-refractivity contribution in [1.82, 2.24) is 5.32 Å². The molecule has 0 aliphatic carbocycles. The maximum Gasteiger partial charge on any atom is 0.143 e. The first-order valence-corrected chi connectivity index (χ1v) is 5.46. The van der Waals surface area contributed by atoms with E-state index in [2.05, 4.69) is 12.2 Å². The average molecular weight is 207 g/mol. The van der Waals surface area contributed by atoms with Gasteiger partial charge in [0.05, 0.1) is 12.5 Å². The zero-order valence-corrected chi connectivity index (χ0v) is 9.08. The first kappa shape index (κ1) is 10.4. The molecule has 0 bridgehead atoms. The second-order valence-corrected chi connectivity index (χ2v) is 4.54. The monoisotopic (exact) mass is 207 g/mol. The molecular formula is C12H17NO2. The summed E-state index contributed by atoms with van der Waals surface area (Å²) < 4.78 is 4.97. The normalized spacial score (nSPS) is 20.1. The fraction of sp³-hybridized carbons (Fsp3) is 0.583. The molecule has 0 unspecified atom stereocenters. The van der Waals surface area contributed by atoms with Crippen molar-refractivity contribution in [3.05, 3.63) is 24.2 Å². The highest BCUT2D eigenvalue weighted by atomic mass is 16.3. The van der Waals surface area contributed by atoms with Gasteiger partial charge in [-0.25, -0.2) is 0 Å². The number of Topliss-reactive ketones (excluding diaryl/α,β-unsaturated/α-hetero) is 1. The van der Waals surface area contributed by atoms with E-state index in [1.165, 1.54) is 0 Å². The average Bonchev–Trinajstić information content (AvgIpc) is 2.71. The lowest BCUT2D eigenvalue weighted by Crippen LogP contribution is -2.40. The first-order valence-electron chi connectivity index (χ1n) is 5.46. The highest BCUT2D eigenvalue weighted by Crippen LogP contribution is 2.30. The predicted octanol–water partition coefficient (Wildman–Crippen LogP) is 1.78.